The van der Waals surface area contributed by atoms with E-state index in [0.29, 0.717) is 11.1 Å². The van der Waals surface area contributed by atoms with Crippen molar-refractivity contribution in [1.82, 2.24) is 5.32 Å². The second-order valence-corrected chi connectivity index (χ2v) is 6.05. The SMILES string of the molecule is CNC(c1cc(C)c(F)c(C)c1)c1ccc(C)c(Br)c1. The van der Waals surface area contributed by atoms with E-state index in [1.165, 1.54) is 5.56 Å². The Morgan fingerprint density at radius 1 is 0.950 bits per heavy atom. The third-order valence-electron chi connectivity index (χ3n) is 3.61. The molecular weight excluding hydrogens is 317 g/mol. The van der Waals surface area contributed by atoms with Crippen molar-refractivity contribution in [1.29, 1.82) is 0 Å². The van der Waals surface area contributed by atoms with Gasteiger partial charge in [-0.25, -0.2) is 4.39 Å². The van der Waals surface area contributed by atoms with E-state index in [9.17, 15) is 4.39 Å². The van der Waals surface area contributed by atoms with Crippen LogP contribution in [0.25, 0.3) is 0 Å². The minimum Gasteiger partial charge on any atom is -0.309 e. The Morgan fingerprint density at radius 3 is 2.05 bits per heavy atom. The standard InChI is InChI=1S/C17H19BrFN/c1-10-5-6-13(9-15(10)18)17(20-4)14-7-11(2)16(19)12(3)8-14/h5-9,17,20H,1-4H3. The highest BCUT2D eigenvalue weighted by Crippen LogP contribution is 2.28. The molecule has 0 fully saturated rings. The highest BCUT2D eigenvalue weighted by Gasteiger charge is 2.15. The maximum atomic E-state index is 13.8. The minimum absolute atomic E-state index is 0.0601. The van der Waals surface area contributed by atoms with Gasteiger partial charge in [-0.05, 0) is 61.7 Å². The summed E-state index contributed by atoms with van der Waals surface area (Å²) in [4.78, 5) is 0. The van der Waals surface area contributed by atoms with Crippen molar-refractivity contribution in [3.63, 3.8) is 0 Å². The summed E-state index contributed by atoms with van der Waals surface area (Å²) < 4.78 is 14.9. The highest BCUT2D eigenvalue weighted by atomic mass is 79.9. The molecule has 2 aromatic carbocycles. The average Bonchev–Trinajstić information content (AvgIpc) is 2.41. The van der Waals surface area contributed by atoms with Gasteiger partial charge in [-0.2, -0.15) is 0 Å². The molecule has 106 valence electrons. The van der Waals surface area contributed by atoms with Crippen molar-refractivity contribution >= 4 is 15.9 Å². The number of halogens is 2. The topological polar surface area (TPSA) is 12.0 Å². The van der Waals surface area contributed by atoms with Crippen LogP contribution in [0.4, 0.5) is 4.39 Å². The smallest absolute Gasteiger partial charge is 0.129 e. The Labute approximate surface area is 128 Å². The molecule has 1 unspecified atom stereocenters. The average molecular weight is 336 g/mol. The van der Waals surface area contributed by atoms with Crippen LogP contribution in [0.15, 0.2) is 34.8 Å². The lowest BCUT2D eigenvalue weighted by atomic mass is 9.95. The molecule has 0 heterocycles. The van der Waals surface area contributed by atoms with E-state index in [0.717, 1.165) is 15.6 Å². The van der Waals surface area contributed by atoms with Crippen molar-refractivity contribution in [2.75, 3.05) is 7.05 Å². The van der Waals surface area contributed by atoms with Gasteiger partial charge in [0.25, 0.3) is 0 Å². The van der Waals surface area contributed by atoms with Gasteiger partial charge in [0.05, 0.1) is 6.04 Å². The van der Waals surface area contributed by atoms with Crippen molar-refractivity contribution in [2.45, 2.75) is 26.8 Å². The number of hydrogen-bond acceptors (Lipinski definition) is 1. The molecule has 3 heteroatoms. The number of hydrogen-bond donors (Lipinski definition) is 1. The molecule has 2 aromatic rings. The van der Waals surface area contributed by atoms with Crippen molar-refractivity contribution in [3.05, 3.63) is 68.4 Å². The van der Waals surface area contributed by atoms with Crippen molar-refractivity contribution in [2.24, 2.45) is 0 Å². The fourth-order valence-corrected chi connectivity index (χ4v) is 2.86. The summed E-state index contributed by atoms with van der Waals surface area (Å²) in [7, 11) is 1.92. The predicted molar refractivity (Wildman–Crippen MR) is 85.7 cm³/mol. The summed E-state index contributed by atoms with van der Waals surface area (Å²) >= 11 is 3.57. The molecule has 0 radical (unpaired) electrons. The Morgan fingerprint density at radius 2 is 1.55 bits per heavy atom. The fourth-order valence-electron chi connectivity index (χ4n) is 2.46. The van der Waals surface area contributed by atoms with E-state index < -0.39 is 0 Å². The second kappa shape index (κ2) is 6.06. The molecule has 1 atom stereocenters. The summed E-state index contributed by atoms with van der Waals surface area (Å²) in [5, 5.41) is 3.31. The van der Waals surface area contributed by atoms with E-state index in [-0.39, 0.29) is 11.9 Å². The van der Waals surface area contributed by atoms with Crippen LogP contribution in [0.5, 0.6) is 0 Å². The Balaban J connectivity index is 2.49. The van der Waals surface area contributed by atoms with E-state index >= 15 is 0 Å². The third kappa shape index (κ3) is 2.94. The molecule has 20 heavy (non-hydrogen) atoms. The van der Waals surface area contributed by atoms with Crippen molar-refractivity contribution < 1.29 is 4.39 Å². The summed E-state index contributed by atoms with van der Waals surface area (Å²) in [6.07, 6.45) is 0. The van der Waals surface area contributed by atoms with Crippen LogP contribution in [0.1, 0.15) is 33.9 Å². The molecule has 0 bridgehead atoms. The summed E-state index contributed by atoms with van der Waals surface area (Å²) in [5.41, 5.74) is 4.82. The monoisotopic (exact) mass is 335 g/mol. The molecule has 1 N–H and O–H groups in total. The van der Waals surface area contributed by atoms with Gasteiger partial charge in [0.15, 0.2) is 0 Å². The Hall–Kier alpha value is -1.19. The van der Waals surface area contributed by atoms with E-state index in [1.54, 1.807) is 0 Å². The van der Waals surface area contributed by atoms with Crippen LogP contribution in [0.3, 0.4) is 0 Å². The van der Waals surface area contributed by atoms with Crippen LogP contribution in [0, 0.1) is 26.6 Å². The fraction of sp³-hybridized carbons (Fsp3) is 0.294. The van der Waals surface area contributed by atoms with Crippen LogP contribution in [-0.4, -0.2) is 7.05 Å². The van der Waals surface area contributed by atoms with Gasteiger partial charge < -0.3 is 5.32 Å². The molecular formula is C17H19BrFN. The van der Waals surface area contributed by atoms with Gasteiger partial charge in [0.1, 0.15) is 5.82 Å². The van der Waals surface area contributed by atoms with Crippen molar-refractivity contribution in [3.8, 4) is 0 Å². The number of nitrogens with one attached hydrogen (secondary N) is 1. The largest absolute Gasteiger partial charge is 0.309 e. The lowest BCUT2D eigenvalue weighted by molar-refractivity contribution is 0.604. The zero-order valence-electron chi connectivity index (χ0n) is 12.2. The zero-order chi connectivity index (χ0) is 14.9. The molecule has 0 saturated heterocycles. The van der Waals surface area contributed by atoms with Crippen LogP contribution >= 0.6 is 15.9 Å². The molecule has 0 aliphatic carbocycles. The summed E-state index contributed by atoms with van der Waals surface area (Å²) in [6.45, 7) is 5.68. The van der Waals surface area contributed by atoms with E-state index in [2.05, 4.69) is 46.4 Å². The van der Waals surface area contributed by atoms with Crippen LogP contribution in [-0.2, 0) is 0 Å². The van der Waals surface area contributed by atoms with Gasteiger partial charge >= 0.3 is 0 Å². The molecule has 0 saturated carbocycles. The minimum atomic E-state index is -0.117. The molecule has 0 aromatic heterocycles. The number of rotatable bonds is 3. The van der Waals surface area contributed by atoms with Crippen LogP contribution < -0.4 is 5.32 Å². The van der Waals surface area contributed by atoms with Gasteiger partial charge in [0.2, 0.25) is 0 Å². The van der Waals surface area contributed by atoms with Gasteiger partial charge in [-0.1, -0.05) is 40.2 Å². The summed E-state index contributed by atoms with van der Waals surface area (Å²) in [6, 6.07) is 10.2. The Bertz CT molecular complexity index is 614. The maximum Gasteiger partial charge on any atom is 0.129 e. The normalized spacial score (nSPS) is 12.5. The lowest BCUT2D eigenvalue weighted by Gasteiger charge is -2.19. The molecule has 0 spiro atoms. The third-order valence-corrected chi connectivity index (χ3v) is 4.46. The highest BCUT2D eigenvalue weighted by molar-refractivity contribution is 9.10. The van der Waals surface area contributed by atoms with Crippen LogP contribution in [0.2, 0.25) is 0 Å². The first-order valence-corrected chi connectivity index (χ1v) is 7.43. The lowest BCUT2D eigenvalue weighted by Crippen LogP contribution is -2.18. The van der Waals surface area contributed by atoms with E-state index in [4.69, 9.17) is 0 Å². The molecule has 1 nitrogen and oxygen atoms in total. The first-order chi connectivity index (χ1) is 9.43. The number of benzene rings is 2. The molecule has 0 aliphatic heterocycles. The molecule has 0 amide bonds. The number of aryl methyl sites for hydroxylation is 3. The Kier molecular flexibility index (Phi) is 4.61. The molecule has 0 aliphatic rings. The molecule has 2 rings (SSSR count). The second-order valence-electron chi connectivity index (χ2n) is 5.20. The van der Waals surface area contributed by atoms with Gasteiger partial charge in [-0.15, -0.1) is 0 Å². The van der Waals surface area contributed by atoms with Gasteiger partial charge in [0, 0.05) is 4.47 Å². The van der Waals surface area contributed by atoms with E-state index in [1.807, 2.05) is 33.0 Å². The summed E-state index contributed by atoms with van der Waals surface area (Å²) in [5.74, 6) is -0.117. The first-order valence-electron chi connectivity index (χ1n) is 6.64. The first kappa shape index (κ1) is 15.2. The predicted octanol–water partition coefficient (Wildman–Crippen LogP) is 4.82. The maximum absolute atomic E-state index is 13.8. The zero-order valence-corrected chi connectivity index (χ0v) is 13.8. The van der Waals surface area contributed by atoms with Gasteiger partial charge in [-0.3, -0.25) is 0 Å². The quantitative estimate of drug-likeness (QED) is 0.847.